The van der Waals surface area contributed by atoms with Gasteiger partial charge in [0.1, 0.15) is 6.54 Å². The van der Waals surface area contributed by atoms with Crippen molar-refractivity contribution in [3.05, 3.63) is 52.6 Å². The number of aromatic amines is 1. The van der Waals surface area contributed by atoms with Crippen molar-refractivity contribution in [3.8, 4) is 11.1 Å². The number of carbonyl (C=O) groups is 1. The van der Waals surface area contributed by atoms with E-state index in [0.29, 0.717) is 42.9 Å². The van der Waals surface area contributed by atoms with E-state index in [0.717, 1.165) is 12.1 Å². The van der Waals surface area contributed by atoms with Gasteiger partial charge >= 0.3 is 11.9 Å². The Bertz CT molecular complexity index is 1110. The normalized spacial score (nSPS) is 15.1. The van der Waals surface area contributed by atoms with Crippen molar-refractivity contribution < 1.29 is 22.7 Å². The van der Waals surface area contributed by atoms with Crippen LogP contribution >= 0.6 is 0 Å². The van der Waals surface area contributed by atoms with E-state index in [1.54, 1.807) is 11.0 Å². The number of ether oxygens (including phenoxy) is 1. The number of nitrogens with zero attached hydrogens (tertiary/aromatic N) is 3. The van der Waals surface area contributed by atoms with Crippen LogP contribution in [0.4, 0.5) is 13.2 Å². The minimum absolute atomic E-state index is 0.188. The van der Waals surface area contributed by atoms with Crippen LogP contribution in [0.3, 0.4) is 0 Å². The molecule has 1 aromatic carbocycles. The van der Waals surface area contributed by atoms with Gasteiger partial charge in [-0.05, 0) is 23.8 Å². The van der Waals surface area contributed by atoms with Crippen LogP contribution in [0.5, 0.6) is 0 Å². The fourth-order valence-corrected chi connectivity index (χ4v) is 3.27. The van der Waals surface area contributed by atoms with Crippen LogP contribution in [0.1, 0.15) is 5.56 Å². The molecule has 0 bridgehead atoms. The Balaban J connectivity index is 1.70. The van der Waals surface area contributed by atoms with Crippen molar-refractivity contribution >= 4 is 17.1 Å². The molecular weight excluding hydrogens is 389 g/mol. The first-order valence-corrected chi connectivity index (χ1v) is 8.94. The molecule has 4 rings (SSSR count). The average molecular weight is 406 g/mol. The van der Waals surface area contributed by atoms with Gasteiger partial charge in [-0.2, -0.15) is 13.2 Å². The highest BCUT2D eigenvalue weighted by Crippen LogP contribution is 2.32. The predicted octanol–water partition coefficient (Wildman–Crippen LogP) is 2.27. The highest BCUT2D eigenvalue weighted by molar-refractivity contribution is 5.82. The number of carbonyl (C=O) groups excluding carboxylic acids is 1. The Labute approximate surface area is 162 Å². The first kappa shape index (κ1) is 19.2. The van der Waals surface area contributed by atoms with Crippen molar-refractivity contribution in [1.29, 1.82) is 0 Å². The van der Waals surface area contributed by atoms with Gasteiger partial charge in [0.25, 0.3) is 0 Å². The van der Waals surface area contributed by atoms with Crippen LogP contribution in [-0.2, 0) is 22.3 Å². The third kappa shape index (κ3) is 3.88. The van der Waals surface area contributed by atoms with Crippen molar-refractivity contribution in [2.45, 2.75) is 12.7 Å². The van der Waals surface area contributed by atoms with E-state index in [9.17, 15) is 22.8 Å². The predicted molar refractivity (Wildman–Crippen MR) is 98.2 cm³/mol. The second kappa shape index (κ2) is 7.36. The highest BCUT2D eigenvalue weighted by atomic mass is 19.4. The molecule has 1 amide bonds. The summed E-state index contributed by atoms with van der Waals surface area (Å²) in [4.78, 5) is 33.2. The van der Waals surface area contributed by atoms with E-state index in [4.69, 9.17) is 4.74 Å². The maximum atomic E-state index is 13.0. The Kier molecular flexibility index (Phi) is 4.87. The number of imidazole rings is 1. The van der Waals surface area contributed by atoms with E-state index >= 15 is 0 Å². The Morgan fingerprint density at radius 1 is 1.17 bits per heavy atom. The molecule has 0 aliphatic carbocycles. The average Bonchev–Trinajstić information content (AvgIpc) is 3.02. The van der Waals surface area contributed by atoms with Gasteiger partial charge < -0.3 is 9.64 Å². The quantitative estimate of drug-likeness (QED) is 0.724. The number of halogens is 3. The molecule has 0 spiro atoms. The molecule has 0 atom stereocenters. The SMILES string of the molecule is O=C(Cn1c(=O)[nH]c2ncc(-c3cccc(C(F)(F)F)c3)cc21)N1CCOCC1. The molecule has 10 heteroatoms. The Hall–Kier alpha value is -3.14. The summed E-state index contributed by atoms with van der Waals surface area (Å²) in [6.07, 6.45) is -3.07. The lowest BCUT2D eigenvalue weighted by molar-refractivity contribution is -0.137. The van der Waals surface area contributed by atoms with Crippen molar-refractivity contribution in [1.82, 2.24) is 19.4 Å². The molecule has 7 nitrogen and oxygen atoms in total. The van der Waals surface area contributed by atoms with Crippen molar-refractivity contribution in [2.75, 3.05) is 26.3 Å². The number of fused-ring (bicyclic) bond motifs is 1. The van der Waals surface area contributed by atoms with Crippen LogP contribution in [0.25, 0.3) is 22.3 Å². The van der Waals surface area contributed by atoms with Gasteiger partial charge in [-0.25, -0.2) is 9.78 Å². The smallest absolute Gasteiger partial charge is 0.378 e. The number of aromatic nitrogens is 3. The second-order valence-corrected chi connectivity index (χ2v) is 6.68. The zero-order valence-corrected chi connectivity index (χ0v) is 15.2. The van der Waals surface area contributed by atoms with E-state index in [2.05, 4.69) is 9.97 Å². The molecular formula is C19H17F3N4O3. The molecule has 0 radical (unpaired) electrons. The lowest BCUT2D eigenvalue weighted by atomic mass is 10.0. The van der Waals surface area contributed by atoms with Gasteiger partial charge in [-0.15, -0.1) is 0 Å². The molecule has 1 N–H and O–H groups in total. The number of alkyl halides is 3. The molecule has 1 aliphatic rings. The summed E-state index contributed by atoms with van der Waals surface area (Å²) in [7, 11) is 0. The minimum atomic E-state index is -4.46. The number of morpholine rings is 1. The van der Waals surface area contributed by atoms with Gasteiger partial charge in [0.15, 0.2) is 5.65 Å². The number of pyridine rings is 1. The fraction of sp³-hybridized carbons (Fsp3) is 0.316. The van der Waals surface area contributed by atoms with Gasteiger partial charge in [0.05, 0.1) is 24.3 Å². The topological polar surface area (TPSA) is 80.2 Å². The van der Waals surface area contributed by atoms with Gasteiger partial charge in [-0.1, -0.05) is 12.1 Å². The third-order valence-electron chi connectivity index (χ3n) is 4.81. The summed E-state index contributed by atoms with van der Waals surface area (Å²) in [5.74, 6) is -0.235. The van der Waals surface area contributed by atoms with Crippen LogP contribution in [0.2, 0.25) is 0 Å². The summed E-state index contributed by atoms with van der Waals surface area (Å²) in [6.45, 7) is 1.59. The van der Waals surface area contributed by atoms with Crippen LogP contribution in [-0.4, -0.2) is 51.6 Å². The van der Waals surface area contributed by atoms with E-state index < -0.39 is 17.4 Å². The lowest BCUT2D eigenvalue weighted by Crippen LogP contribution is -2.43. The summed E-state index contributed by atoms with van der Waals surface area (Å²) in [5.41, 5.74) is 0.0653. The molecule has 0 saturated carbocycles. The summed E-state index contributed by atoms with van der Waals surface area (Å²) < 4.78 is 45.5. The standard InChI is InChI=1S/C19H17F3N4O3/c20-19(21,22)14-3-1-2-12(8-14)13-9-15-17(23-10-13)24-18(28)26(15)11-16(27)25-4-6-29-7-5-25/h1-3,8-10H,4-7,11H2,(H,23,24,28). The van der Waals surface area contributed by atoms with Crippen LogP contribution in [0, 0.1) is 0 Å². The molecule has 1 aliphatic heterocycles. The molecule has 2 aromatic heterocycles. The minimum Gasteiger partial charge on any atom is -0.378 e. The van der Waals surface area contributed by atoms with Gasteiger partial charge in [0, 0.05) is 24.8 Å². The number of hydrogen-bond donors (Lipinski definition) is 1. The van der Waals surface area contributed by atoms with Crippen molar-refractivity contribution in [2.24, 2.45) is 0 Å². The van der Waals surface area contributed by atoms with Crippen LogP contribution in [0.15, 0.2) is 41.3 Å². The largest absolute Gasteiger partial charge is 0.416 e. The second-order valence-electron chi connectivity index (χ2n) is 6.68. The van der Waals surface area contributed by atoms with E-state index in [-0.39, 0.29) is 18.1 Å². The molecule has 29 heavy (non-hydrogen) atoms. The zero-order chi connectivity index (χ0) is 20.6. The van der Waals surface area contributed by atoms with Gasteiger partial charge in [0.2, 0.25) is 5.91 Å². The number of rotatable bonds is 3. The Morgan fingerprint density at radius 3 is 2.66 bits per heavy atom. The van der Waals surface area contributed by atoms with Crippen molar-refractivity contribution in [3.63, 3.8) is 0 Å². The van der Waals surface area contributed by atoms with E-state index in [1.807, 2.05) is 0 Å². The first-order valence-electron chi connectivity index (χ1n) is 8.94. The highest BCUT2D eigenvalue weighted by Gasteiger charge is 2.30. The molecule has 1 fully saturated rings. The molecule has 1 saturated heterocycles. The number of hydrogen-bond acceptors (Lipinski definition) is 4. The number of nitrogens with one attached hydrogen (secondary N) is 1. The molecule has 152 valence electrons. The summed E-state index contributed by atoms with van der Waals surface area (Å²) in [6, 6.07) is 6.42. The molecule has 3 aromatic rings. The third-order valence-corrected chi connectivity index (χ3v) is 4.81. The summed E-state index contributed by atoms with van der Waals surface area (Å²) in [5, 5.41) is 0. The molecule has 3 heterocycles. The monoisotopic (exact) mass is 406 g/mol. The first-order chi connectivity index (χ1) is 13.8. The number of H-pyrrole nitrogens is 1. The number of benzene rings is 1. The fourth-order valence-electron chi connectivity index (χ4n) is 3.27. The maximum Gasteiger partial charge on any atom is 0.416 e. The number of amides is 1. The maximum absolute atomic E-state index is 13.0. The van der Waals surface area contributed by atoms with E-state index in [1.165, 1.54) is 22.9 Å². The van der Waals surface area contributed by atoms with Crippen LogP contribution < -0.4 is 5.69 Å². The molecule has 0 unspecified atom stereocenters. The summed E-state index contributed by atoms with van der Waals surface area (Å²) >= 11 is 0. The zero-order valence-electron chi connectivity index (χ0n) is 15.2. The Morgan fingerprint density at radius 2 is 1.93 bits per heavy atom. The van der Waals surface area contributed by atoms with Gasteiger partial charge in [-0.3, -0.25) is 14.3 Å². The lowest BCUT2D eigenvalue weighted by Gasteiger charge is -2.26.